The van der Waals surface area contributed by atoms with Crippen LogP contribution in [0, 0.1) is 0 Å². The first kappa shape index (κ1) is 20.0. The van der Waals surface area contributed by atoms with E-state index in [1.165, 1.54) is 33.6 Å². The Hall–Kier alpha value is -3.26. The van der Waals surface area contributed by atoms with Gasteiger partial charge in [0, 0.05) is 47.5 Å². The molecule has 150 valence electrons. The smallest absolute Gasteiger partial charge is 0.167 e. The Morgan fingerprint density at radius 2 is 0.867 bits per heavy atom. The van der Waals surface area contributed by atoms with Crippen molar-refractivity contribution < 1.29 is 9.13 Å². The fraction of sp³-hybridized carbons (Fsp3) is 0.214. The van der Waals surface area contributed by atoms with E-state index in [9.17, 15) is 0 Å². The van der Waals surface area contributed by atoms with E-state index in [4.69, 9.17) is 0 Å². The van der Waals surface area contributed by atoms with Gasteiger partial charge < -0.3 is 0 Å². The van der Waals surface area contributed by atoms with Crippen LogP contribution in [0.25, 0.3) is 22.5 Å². The van der Waals surface area contributed by atoms with Gasteiger partial charge in [0.2, 0.25) is 11.4 Å². The van der Waals surface area contributed by atoms with Gasteiger partial charge in [0.1, 0.15) is 0 Å². The molecular weight excluding hydrogens is 364 g/mol. The SMILES string of the molecule is CCCc1ccccc1-[n+]1ccc(-c2cc[n+](-c3ccccc3CCC)cc2)cc1. The molecule has 0 atom stereocenters. The van der Waals surface area contributed by atoms with Crippen LogP contribution in [-0.2, 0) is 12.8 Å². The molecule has 2 aromatic heterocycles. The van der Waals surface area contributed by atoms with Gasteiger partial charge in [-0.3, -0.25) is 0 Å². The Kier molecular flexibility index (Phi) is 6.34. The number of hydrogen-bond donors (Lipinski definition) is 0. The highest BCUT2D eigenvalue weighted by atomic mass is 14.9. The van der Waals surface area contributed by atoms with Crippen molar-refractivity contribution >= 4 is 0 Å². The number of benzene rings is 2. The third kappa shape index (κ3) is 4.33. The van der Waals surface area contributed by atoms with Crippen molar-refractivity contribution in [1.82, 2.24) is 0 Å². The fourth-order valence-corrected chi connectivity index (χ4v) is 4.05. The second-order valence-electron chi connectivity index (χ2n) is 7.75. The molecule has 0 bridgehead atoms. The summed E-state index contributed by atoms with van der Waals surface area (Å²) in [4.78, 5) is 0. The maximum atomic E-state index is 2.23. The quantitative estimate of drug-likeness (QED) is 0.349. The van der Waals surface area contributed by atoms with E-state index in [1.807, 2.05) is 0 Å². The summed E-state index contributed by atoms with van der Waals surface area (Å²) in [6.45, 7) is 4.46. The van der Waals surface area contributed by atoms with Crippen LogP contribution < -0.4 is 9.13 Å². The van der Waals surface area contributed by atoms with Crippen LogP contribution in [0.3, 0.4) is 0 Å². The van der Waals surface area contributed by atoms with Gasteiger partial charge in [0.15, 0.2) is 24.8 Å². The molecule has 0 saturated carbocycles. The van der Waals surface area contributed by atoms with Crippen molar-refractivity contribution in [1.29, 1.82) is 0 Å². The van der Waals surface area contributed by atoms with Crippen molar-refractivity contribution in [3.05, 3.63) is 109 Å². The molecule has 0 aliphatic rings. The lowest BCUT2D eigenvalue weighted by Gasteiger charge is -2.05. The standard InChI is InChI=1S/C28H30N2/c1-3-9-25-11-5-7-13-27(25)29-19-15-23(16-20-29)24-17-21-30(22-18-24)28-14-8-6-12-26(28)10-4-2/h5-8,11-22H,3-4,9-10H2,1-2H3/q+2. The highest BCUT2D eigenvalue weighted by Gasteiger charge is 2.14. The van der Waals surface area contributed by atoms with E-state index in [-0.39, 0.29) is 0 Å². The number of rotatable bonds is 7. The summed E-state index contributed by atoms with van der Waals surface area (Å²) in [5, 5.41) is 0. The lowest BCUT2D eigenvalue weighted by atomic mass is 10.1. The van der Waals surface area contributed by atoms with E-state index < -0.39 is 0 Å². The average molecular weight is 395 g/mol. The van der Waals surface area contributed by atoms with Crippen LogP contribution in [0.5, 0.6) is 0 Å². The number of aromatic nitrogens is 2. The molecule has 0 unspecified atom stereocenters. The van der Waals surface area contributed by atoms with Crippen molar-refractivity contribution in [2.45, 2.75) is 39.5 Å². The van der Waals surface area contributed by atoms with Crippen molar-refractivity contribution in [3.63, 3.8) is 0 Å². The molecule has 2 heteroatoms. The Morgan fingerprint density at radius 3 is 1.23 bits per heavy atom. The second-order valence-corrected chi connectivity index (χ2v) is 7.75. The Bertz CT molecular complexity index is 1010. The van der Waals surface area contributed by atoms with Crippen LogP contribution in [0.2, 0.25) is 0 Å². The van der Waals surface area contributed by atoms with E-state index in [0.717, 1.165) is 25.7 Å². The normalized spacial score (nSPS) is 10.9. The number of hydrogen-bond acceptors (Lipinski definition) is 0. The Balaban J connectivity index is 1.59. The zero-order valence-corrected chi connectivity index (χ0v) is 18.0. The van der Waals surface area contributed by atoms with E-state index >= 15 is 0 Å². The lowest BCUT2D eigenvalue weighted by Crippen LogP contribution is -2.31. The Morgan fingerprint density at radius 1 is 0.500 bits per heavy atom. The second kappa shape index (κ2) is 9.49. The van der Waals surface area contributed by atoms with Crippen molar-refractivity contribution in [2.75, 3.05) is 0 Å². The van der Waals surface area contributed by atoms with Crippen LogP contribution >= 0.6 is 0 Å². The summed E-state index contributed by atoms with van der Waals surface area (Å²) < 4.78 is 4.44. The minimum absolute atomic E-state index is 1.10. The molecule has 0 spiro atoms. The number of para-hydroxylation sites is 2. The fourth-order valence-electron chi connectivity index (χ4n) is 4.05. The summed E-state index contributed by atoms with van der Waals surface area (Å²) in [5.74, 6) is 0. The van der Waals surface area contributed by atoms with Crippen LogP contribution in [0.1, 0.15) is 37.8 Å². The highest BCUT2D eigenvalue weighted by Crippen LogP contribution is 2.18. The largest absolute Gasteiger partial charge is 0.213 e. The van der Waals surface area contributed by atoms with Gasteiger partial charge in [-0.05, 0) is 24.0 Å². The topological polar surface area (TPSA) is 7.76 Å². The maximum Gasteiger partial charge on any atom is 0.213 e. The van der Waals surface area contributed by atoms with Crippen LogP contribution in [-0.4, -0.2) is 0 Å². The van der Waals surface area contributed by atoms with Gasteiger partial charge in [0.25, 0.3) is 0 Å². The van der Waals surface area contributed by atoms with Crippen molar-refractivity contribution in [2.24, 2.45) is 0 Å². The minimum atomic E-state index is 1.10. The predicted molar refractivity (Wildman–Crippen MR) is 123 cm³/mol. The minimum Gasteiger partial charge on any atom is -0.167 e. The zero-order chi connectivity index (χ0) is 20.8. The van der Waals surface area contributed by atoms with Gasteiger partial charge in [-0.15, -0.1) is 0 Å². The van der Waals surface area contributed by atoms with Gasteiger partial charge in [0.05, 0.1) is 0 Å². The Labute approximate surface area is 180 Å². The maximum absolute atomic E-state index is 2.23. The molecule has 4 rings (SSSR count). The lowest BCUT2D eigenvalue weighted by molar-refractivity contribution is -0.596. The molecule has 0 saturated heterocycles. The van der Waals surface area contributed by atoms with Gasteiger partial charge in [-0.25, -0.2) is 0 Å². The summed E-state index contributed by atoms with van der Waals surface area (Å²) in [6.07, 6.45) is 13.2. The molecule has 0 amide bonds. The molecule has 2 aromatic carbocycles. The van der Waals surface area contributed by atoms with Gasteiger partial charge >= 0.3 is 0 Å². The van der Waals surface area contributed by atoms with E-state index in [1.54, 1.807) is 0 Å². The molecule has 0 aliphatic heterocycles. The highest BCUT2D eigenvalue weighted by molar-refractivity contribution is 5.61. The number of nitrogens with zero attached hydrogens (tertiary/aromatic N) is 2. The zero-order valence-electron chi connectivity index (χ0n) is 18.0. The monoisotopic (exact) mass is 394 g/mol. The number of aryl methyl sites for hydroxylation is 2. The predicted octanol–water partition coefficient (Wildman–Crippen LogP) is 5.81. The van der Waals surface area contributed by atoms with Crippen molar-refractivity contribution in [3.8, 4) is 22.5 Å². The van der Waals surface area contributed by atoms with Crippen LogP contribution in [0.4, 0.5) is 0 Å². The molecule has 2 heterocycles. The van der Waals surface area contributed by atoms with Gasteiger partial charge in [-0.1, -0.05) is 63.1 Å². The molecule has 0 radical (unpaired) electrons. The average Bonchev–Trinajstić information content (AvgIpc) is 2.81. The molecule has 0 N–H and O–H groups in total. The molecule has 0 fully saturated rings. The van der Waals surface area contributed by atoms with E-state index in [2.05, 4.69) is 121 Å². The molecule has 4 aromatic rings. The molecule has 2 nitrogen and oxygen atoms in total. The van der Waals surface area contributed by atoms with Crippen LogP contribution in [0.15, 0.2) is 97.6 Å². The molecular formula is C28H30N2+2. The van der Waals surface area contributed by atoms with Gasteiger partial charge in [-0.2, -0.15) is 9.13 Å². The first-order chi connectivity index (χ1) is 14.8. The molecule has 0 aliphatic carbocycles. The first-order valence-electron chi connectivity index (χ1n) is 11.0. The first-order valence-corrected chi connectivity index (χ1v) is 11.0. The summed E-state index contributed by atoms with van der Waals surface area (Å²) in [5.41, 5.74) is 7.78. The summed E-state index contributed by atoms with van der Waals surface area (Å²) in [6, 6.07) is 26.1. The number of pyridine rings is 2. The third-order valence-corrected chi connectivity index (χ3v) is 5.57. The summed E-state index contributed by atoms with van der Waals surface area (Å²) in [7, 11) is 0. The summed E-state index contributed by atoms with van der Waals surface area (Å²) >= 11 is 0. The molecule has 30 heavy (non-hydrogen) atoms. The van der Waals surface area contributed by atoms with E-state index in [0.29, 0.717) is 0 Å². The third-order valence-electron chi connectivity index (χ3n) is 5.57.